The van der Waals surface area contributed by atoms with Crippen LogP contribution in [0.25, 0.3) is 5.52 Å². The van der Waals surface area contributed by atoms with E-state index in [4.69, 9.17) is 0 Å². The van der Waals surface area contributed by atoms with E-state index >= 15 is 0 Å². The Morgan fingerprint density at radius 1 is 1.05 bits per heavy atom. The molecule has 100 valence electrons. The Morgan fingerprint density at radius 3 is 2.45 bits per heavy atom. The van der Waals surface area contributed by atoms with E-state index < -0.39 is 0 Å². The Labute approximate surface area is 117 Å². The van der Waals surface area contributed by atoms with Gasteiger partial charge in [-0.05, 0) is 18.1 Å². The molecule has 0 radical (unpaired) electrons. The summed E-state index contributed by atoms with van der Waals surface area (Å²) in [6.45, 7) is 4.12. The minimum Gasteiger partial charge on any atom is -0.288 e. The monoisotopic (exact) mass is 264 g/mol. The number of pyridine rings is 1. The number of aromatic nitrogens is 2. The van der Waals surface area contributed by atoms with Crippen LogP contribution < -0.4 is 0 Å². The highest BCUT2D eigenvalue weighted by atomic mass is 16.1. The molecule has 0 spiro atoms. The van der Waals surface area contributed by atoms with Crippen LogP contribution in [-0.2, 0) is 0 Å². The molecule has 0 atom stereocenters. The third-order valence-corrected chi connectivity index (χ3v) is 3.38. The van der Waals surface area contributed by atoms with Crippen molar-refractivity contribution >= 4 is 11.3 Å². The van der Waals surface area contributed by atoms with Gasteiger partial charge in [0.1, 0.15) is 0 Å². The van der Waals surface area contributed by atoms with Crippen LogP contribution in [0.3, 0.4) is 0 Å². The fraction of sp³-hybridized carbons (Fsp3) is 0.176. The van der Waals surface area contributed by atoms with E-state index in [9.17, 15) is 4.79 Å². The molecule has 0 aliphatic heterocycles. The van der Waals surface area contributed by atoms with Crippen molar-refractivity contribution in [2.24, 2.45) is 0 Å². The van der Waals surface area contributed by atoms with Crippen molar-refractivity contribution in [3.05, 3.63) is 71.5 Å². The second-order valence-electron chi connectivity index (χ2n) is 5.14. The molecule has 0 saturated carbocycles. The normalized spacial score (nSPS) is 11.2. The highest BCUT2D eigenvalue weighted by Gasteiger charge is 2.22. The van der Waals surface area contributed by atoms with Crippen LogP contribution in [0.1, 0.15) is 41.4 Å². The molecule has 2 aromatic heterocycles. The maximum Gasteiger partial charge on any atom is 0.197 e. The van der Waals surface area contributed by atoms with E-state index in [1.807, 2.05) is 54.7 Å². The third-order valence-electron chi connectivity index (χ3n) is 3.38. The average Bonchev–Trinajstić information content (AvgIpc) is 2.87. The summed E-state index contributed by atoms with van der Waals surface area (Å²) in [6, 6.07) is 15.2. The summed E-state index contributed by atoms with van der Waals surface area (Å²) < 4.78 is 1.78. The lowest BCUT2D eigenvalue weighted by atomic mass is 9.97. The molecule has 0 aliphatic rings. The second-order valence-corrected chi connectivity index (χ2v) is 5.14. The predicted molar refractivity (Wildman–Crippen MR) is 79.2 cm³/mol. The summed E-state index contributed by atoms with van der Waals surface area (Å²) in [5.41, 5.74) is 3.13. The fourth-order valence-electron chi connectivity index (χ4n) is 2.39. The highest BCUT2D eigenvalue weighted by Crippen LogP contribution is 2.25. The van der Waals surface area contributed by atoms with E-state index in [0.717, 1.165) is 11.2 Å². The first-order valence-electron chi connectivity index (χ1n) is 6.75. The van der Waals surface area contributed by atoms with Crippen LogP contribution in [-0.4, -0.2) is 15.4 Å². The topological polar surface area (TPSA) is 34.4 Å². The number of nitrogens with zero attached hydrogens (tertiary/aromatic N) is 2. The van der Waals surface area contributed by atoms with Gasteiger partial charge in [-0.15, -0.1) is 0 Å². The van der Waals surface area contributed by atoms with Crippen molar-refractivity contribution in [3.63, 3.8) is 0 Å². The van der Waals surface area contributed by atoms with Gasteiger partial charge in [0.15, 0.2) is 5.78 Å². The predicted octanol–water partition coefficient (Wildman–Crippen LogP) is 3.69. The fourth-order valence-corrected chi connectivity index (χ4v) is 2.39. The number of fused-ring (bicyclic) bond motifs is 1. The van der Waals surface area contributed by atoms with Gasteiger partial charge in [0.25, 0.3) is 0 Å². The zero-order chi connectivity index (χ0) is 14.1. The molecule has 2 heterocycles. The van der Waals surface area contributed by atoms with E-state index in [-0.39, 0.29) is 11.7 Å². The molecule has 0 amide bonds. The number of carbonyl (C=O) groups excluding carboxylic acids is 1. The van der Waals surface area contributed by atoms with Gasteiger partial charge in [0.2, 0.25) is 0 Å². The quantitative estimate of drug-likeness (QED) is 0.676. The Hall–Kier alpha value is -2.42. The van der Waals surface area contributed by atoms with Gasteiger partial charge < -0.3 is 0 Å². The summed E-state index contributed by atoms with van der Waals surface area (Å²) in [4.78, 5) is 12.8. The van der Waals surface area contributed by atoms with Gasteiger partial charge in [-0.25, -0.2) is 4.52 Å². The molecule has 3 nitrogen and oxygen atoms in total. The van der Waals surface area contributed by atoms with E-state index in [1.54, 1.807) is 4.52 Å². The molecule has 0 aliphatic carbocycles. The van der Waals surface area contributed by atoms with E-state index in [0.29, 0.717) is 11.1 Å². The lowest BCUT2D eigenvalue weighted by Crippen LogP contribution is -2.05. The summed E-state index contributed by atoms with van der Waals surface area (Å²) in [5.74, 6) is 0.244. The Balaban J connectivity index is 2.24. The van der Waals surface area contributed by atoms with Gasteiger partial charge in [-0.3, -0.25) is 4.79 Å². The number of carbonyl (C=O) groups is 1. The van der Waals surface area contributed by atoms with E-state index in [2.05, 4.69) is 18.9 Å². The number of hydrogen-bond donors (Lipinski definition) is 0. The molecule has 20 heavy (non-hydrogen) atoms. The Bertz CT molecular complexity index is 757. The smallest absolute Gasteiger partial charge is 0.197 e. The lowest BCUT2D eigenvalue weighted by molar-refractivity contribution is 0.103. The van der Waals surface area contributed by atoms with Crippen LogP contribution in [0.15, 0.2) is 54.7 Å². The highest BCUT2D eigenvalue weighted by molar-refractivity contribution is 6.14. The molecule has 1 aromatic carbocycles. The first kappa shape index (κ1) is 12.6. The number of ketones is 1. The van der Waals surface area contributed by atoms with Crippen molar-refractivity contribution in [1.29, 1.82) is 0 Å². The zero-order valence-electron chi connectivity index (χ0n) is 11.6. The van der Waals surface area contributed by atoms with Crippen molar-refractivity contribution in [1.82, 2.24) is 9.61 Å². The van der Waals surface area contributed by atoms with Crippen molar-refractivity contribution in [3.8, 4) is 0 Å². The first-order valence-corrected chi connectivity index (χ1v) is 6.75. The third kappa shape index (κ3) is 2.01. The minimum absolute atomic E-state index is 0.0375. The minimum atomic E-state index is 0.0375. The Morgan fingerprint density at radius 2 is 1.75 bits per heavy atom. The zero-order valence-corrected chi connectivity index (χ0v) is 11.6. The first-order chi connectivity index (χ1) is 9.68. The Kier molecular flexibility index (Phi) is 3.11. The van der Waals surface area contributed by atoms with Crippen molar-refractivity contribution in [2.75, 3.05) is 0 Å². The molecule has 0 unspecified atom stereocenters. The maximum absolute atomic E-state index is 12.8. The molecule has 0 saturated heterocycles. The molecule has 0 bridgehead atoms. The van der Waals surface area contributed by atoms with Crippen LogP contribution >= 0.6 is 0 Å². The van der Waals surface area contributed by atoms with Crippen LogP contribution in [0.4, 0.5) is 0 Å². The standard InChI is InChI=1S/C17H16N2O/c1-12(2)16-15(14-10-6-7-11-19(14)18-16)17(20)13-8-4-3-5-9-13/h3-12H,1-2H3. The second kappa shape index (κ2) is 4.93. The van der Waals surface area contributed by atoms with Crippen molar-refractivity contribution in [2.45, 2.75) is 19.8 Å². The summed E-state index contributed by atoms with van der Waals surface area (Å²) in [6.07, 6.45) is 1.88. The van der Waals surface area contributed by atoms with Crippen LogP contribution in [0, 0.1) is 0 Å². The summed E-state index contributed by atoms with van der Waals surface area (Å²) in [7, 11) is 0. The van der Waals surface area contributed by atoms with Crippen LogP contribution in [0.2, 0.25) is 0 Å². The summed E-state index contributed by atoms with van der Waals surface area (Å²) in [5, 5.41) is 4.55. The molecule has 3 aromatic rings. The van der Waals surface area contributed by atoms with Gasteiger partial charge in [0, 0.05) is 11.8 Å². The molecular formula is C17H16N2O. The van der Waals surface area contributed by atoms with Gasteiger partial charge in [0.05, 0.1) is 16.8 Å². The number of benzene rings is 1. The number of hydrogen-bond acceptors (Lipinski definition) is 2. The maximum atomic E-state index is 12.8. The van der Waals surface area contributed by atoms with Gasteiger partial charge >= 0.3 is 0 Å². The molecular weight excluding hydrogens is 248 g/mol. The lowest BCUT2D eigenvalue weighted by Gasteiger charge is -2.05. The molecule has 3 heteroatoms. The van der Waals surface area contributed by atoms with Crippen molar-refractivity contribution < 1.29 is 4.79 Å². The number of rotatable bonds is 3. The largest absolute Gasteiger partial charge is 0.288 e. The molecule has 0 fully saturated rings. The molecule has 0 N–H and O–H groups in total. The molecule has 3 rings (SSSR count). The average molecular weight is 264 g/mol. The summed E-state index contributed by atoms with van der Waals surface area (Å²) >= 11 is 0. The van der Waals surface area contributed by atoms with Gasteiger partial charge in [-0.1, -0.05) is 50.2 Å². The van der Waals surface area contributed by atoms with E-state index in [1.165, 1.54) is 0 Å². The van der Waals surface area contributed by atoms with Crippen LogP contribution in [0.5, 0.6) is 0 Å². The SMILES string of the molecule is CC(C)c1nn2ccccc2c1C(=O)c1ccccc1. The van der Waals surface area contributed by atoms with Gasteiger partial charge in [-0.2, -0.15) is 5.10 Å².